The first-order valence-electron chi connectivity index (χ1n) is 6.71. The van der Waals surface area contributed by atoms with E-state index in [4.69, 9.17) is 0 Å². The number of hydrogen-bond donors (Lipinski definition) is 1. The van der Waals surface area contributed by atoms with Crippen molar-refractivity contribution in [2.45, 2.75) is 25.7 Å². The molecule has 2 heteroatoms. The molecule has 90 valence electrons. The maximum atomic E-state index is 3.51. The van der Waals surface area contributed by atoms with Crippen LogP contribution in [0.3, 0.4) is 0 Å². The molecule has 1 aromatic heterocycles. The van der Waals surface area contributed by atoms with Crippen molar-refractivity contribution >= 4 is 10.9 Å². The lowest BCUT2D eigenvalue weighted by Gasteiger charge is -2.25. The monoisotopic (exact) mass is 228 g/mol. The summed E-state index contributed by atoms with van der Waals surface area (Å²) in [4.78, 5) is 6.10. The van der Waals surface area contributed by atoms with E-state index in [0.29, 0.717) is 0 Å². The van der Waals surface area contributed by atoms with Gasteiger partial charge in [0, 0.05) is 24.2 Å². The van der Waals surface area contributed by atoms with Crippen molar-refractivity contribution in [1.29, 1.82) is 0 Å². The van der Waals surface area contributed by atoms with Gasteiger partial charge in [-0.1, -0.05) is 24.6 Å². The Hall–Kier alpha value is -1.28. The van der Waals surface area contributed by atoms with Gasteiger partial charge in [0.25, 0.3) is 0 Å². The number of aromatic nitrogens is 1. The molecule has 0 aliphatic carbocycles. The molecule has 0 radical (unpaired) electrons. The van der Waals surface area contributed by atoms with Crippen LogP contribution in [-0.4, -0.2) is 29.5 Å². The molecule has 0 bridgehead atoms. The maximum absolute atomic E-state index is 3.51. The average molecular weight is 228 g/mol. The highest BCUT2D eigenvalue weighted by Crippen LogP contribution is 2.16. The molecule has 0 amide bonds. The number of para-hydroxylation sites is 1. The van der Waals surface area contributed by atoms with Crippen molar-refractivity contribution in [3.63, 3.8) is 0 Å². The van der Waals surface area contributed by atoms with Crippen molar-refractivity contribution in [1.82, 2.24) is 9.88 Å². The van der Waals surface area contributed by atoms with Crippen LogP contribution in [0.1, 0.15) is 25.0 Å². The smallest absolute Gasteiger partial charge is 0.0456 e. The average Bonchev–Trinajstić information content (AvgIpc) is 2.80. The lowest BCUT2D eigenvalue weighted by atomic mass is 10.1. The number of piperidine rings is 1. The summed E-state index contributed by atoms with van der Waals surface area (Å²) in [6, 6.07) is 10.8. The fourth-order valence-electron chi connectivity index (χ4n) is 2.73. The summed E-state index contributed by atoms with van der Waals surface area (Å²) in [5.74, 6) is 0. The minimum absolute atomic E-state index is 1.15. The van der Waals surface area contributed by atoms with Crippen LogP contribution in [-0.2, 0) is 6.42 Å². The largest absolute Gasteiger partial charge is 0.358 e. The van der Waals surface area contributed by atoms with Gasteiger partial charge in [0.2, 0.25) is 0 Å². The van der Waals surface area contributed by atoms with Gasteiger partial charge in [0.05, 0.1) is 0 Å². The lowest BCUT2D eigenvalue weighted by molar-refractivity contribution is 0.231. The zero-order valence-corrected chi connectivity index (χ0v) is 10.3. The number of aromatic amines is 1. The predicted octanol–water partition coefficient (Wildman–Crippen LogP) is 3.20. The Morgan fingerprint density at radius 2 is 1.88 bits per heavy atom. The number of rotatable bonds is 3. The summed E-state index contributed by atoms with van der Waals surface area (Å²) in [6.45, 7) is 3.78. The van der Waals surface area contributed by atoms with Gasteiger partial charge >= 0.3 is 0 Å². The molecule has 1 aliphatic rings. The van der Waals surface area contributed by atoms with E-state index in [1.54, 1.807) is 0 Å². The first kappa shape index (κ1) is 10.8. The zero-order chi connectivity index (χ0) is 11.5. The summed E-state index contributed by atoms with van der Waals surface area (Å²) in [5, 5.41) is 1.33. The number of H-pyrrole nitrogens is 1. The normalized spacial score (nSPS) is 17.6. The van der Waals surface area contributed by atoms with E-state index in [-0.39, 0.29) is 0 Å². The molecule has 1 saturated heterocycles. The van der Waals surface area contributed by atoms with Crippen LogP contribution in [0.5, 0.6) is 0 Å². The van der Waals surface area contributed by atoms with Gasteiger partial charge in [0.15, 0.2) is 0 Å². The highest BCUT2D eigenvalue weighted by Gasteiger charge is 2.10. The molecule has 1 N–H and O–H groups in total. The molecule has 1 aliphatic heterocycles. The second-order valence-electron chi connectivity index (χ2n) is 5.03. The molecule has 1 fully saturated rings. The molecule has 3 rings (SSSR count). The Morgan fingerprint density at radius 3 is 2.71 bits per heavy atom. The van der Waals surface area contributed by atoms with E-state index in [1.807, 2.05) is 0 Å². The van der Waals surface area contributed by atoms with E-state index < -0.39 is 0 Å². The van der Waals surface area contributed by atoms with E-state index in [0.717, 1.165) is 6.42 Å². The van der Waals surface area contributed by atoms with Gasteiger partial charge in [-0.05, 0) is 43.5 Å². The topological polar surface area (TPSA) is 19.0 Å². The number of fused-ring (bicyclic) bond motifs is 1. The molecule has 2 aromatic rings. The van der Waals surface area contributed by atoms with Crippen molar-refractivity contribution in [3.8, 4) is 0 Å². The number of benzene rings is 1. The maximum Gasteiger partial charge on any atom is 0.0456 e. The highest BCUT2D eigenvalue weighted by molar-refractivity contribution is 5.80. The van der Waals surface area contributed by atoms with E-state index in [2.05, 4.69) is 40.2 Å². The highest BCUT2D eigenvalue weighted by atomic mass is 15.1. The molecule has 0 saturated carbocycles. The third-order valence-electron chi connectivity index (χ3n) is 3.73. The quantitative estimate of drug-likeness (QED) is 0.854. The molecular weight excluding hydrogens is 208 g/mol. The Balaban J connectivity index is 1.64. The van der Waals surface area contributed by atoms with Crippen LogP contribution in [0.4, 0.5) is 0 Å². The third-order valence-corrected chi connectivity index (χ3v) is 3.73. The number of nitrogens with zero attached hydrogens (tertiary/aromatic N) is 1. The van der Waals surface area contributed by atoms with Crippen LogP contribution in [0.15, 0.2) is 30.3 Å². The van der Waals surface area contributed by atoms with Gasteiger partial charge in [-0.25, -0.2) is 0 Å². The minimum Gasteiger partial charge on any atom is -0.358 e. The Labute approximate surface area is 103 Å². The number of likely N-dealkylation sites (tertiary alicyclic amines) is 1. The van der Waals surface area contributed by atoms with Crippen molar-refractivity contribution in [3.05, 3.63) is 36.0 Å². The van der Waals surface area contributed by atoms with Gasteiger partial charge in [-0.2, -0.15) is 0 Å². The van der Waals surface area contributed by atoms with Crippen LogP contribution >= 0.6 is 0 Å². The van der Waals surface area contributed by atoms with E-state index in [1.165, 1.54) is 55.5 Å². The minimum atomic E-state index is 1.15. The molecule has 2 nitrogen and oxygen atoms in total. The standard InChI is InChI=1S/C15H20N2/c1-4-9-17(10-5-1)11-8-14-12-13-6-2-3-7-15(13)16-14/h2-3,6-7,12,16H,1,4-5,8-11H2. The molecular formula is C15H20N2. The fourth-order valence-corrected chi connectivity index (χ4v) is 2.73. The third kappa shape index (κ3) is 2.52. The summed E-state index contributed by atoms with van der Waals surface area (Å²) in [7, 11) is 0. The fraction of sp³-hybridized carbons (Fsp3) is 0.467. The van der Waals surface area contributed by atoms with Crippen molar-refractivity contribution in [2.24, 2.45) is 0 Å². The second-order valence-corrected chi connectivity index (χ2v) is 5.03. The van der Waals surface area contributed by atoms with Gasteiger partial charge in [-0.15, -0.1) is 0 Å². The van der Waals surface area contributed by atoms with E-state index >= 15 is 0 Å². The van der Waals surface area contributed by atoms with Gasteiger partial charge in [-0.3, -0.25) is 0 Å². The Kier molecular flexibility index (Phi) is 3.14. The predicted molar refractivity (Wildman–Crippen MR) is 72.3 cm³/mol. The summed E-state index contributed by atoms with van der Waals surface area (Å²) < 4.78 is 0. The van der Waals surface area contributed by atoms with Gasteiger partial charge < -0.3 is 9.88 Å². The number of hydrogen-bond acceptors (Lipinski definition) is 1. The first-order valence-corrected chi connectivity index (χ1v) is 6.71. The van der Waals surface area contributed by atoms with Crippen molar-refractivity contribution in [2.75, 3.05) is 19.6 Å². The Bertz CT molecular complexity index is 447. The van der Waals surface area contributed by atoms with Crippen molar-refractivity contribution < 1.29 is 0 Å². The zero-order valence-electron chi connectivity index (χ0n) is 10.3. The summed E-state index contributed by atoms with van der Waals surface area (Å²) >= 11 is 0. The molecule has 1 aromatic carbocycles. The van der Waals surface area contributed by atoms with Gasteiger partial charge in [0.1, 0.15) is 0 Å². The van der Waals surface area contributed by atoms with Crippen LogP contribution < -0.4 is 0 Å². The summed E-state index contributed by atoms with van der Waals surface area (Å²) in [6.07, 6.45) is 5.33. The molecule has 2 heterocycles. The lowest BCUT2D eigenvalue weighted by Crippen LogP contribution is -2.31. The summed E-state index contributed by atoms with van der Waals surface area (Å²) in [5.41, 5.74) is 2.64. The van der Waals surface area contributed by atoms with Crippen LogP contribution in [0.25, 0.3) is 10.9 Å². The SMILES string of the molecule is c1ccc2[nH]c(CCN3CCCCC3)cc2c1. The Morgan fingerprint density at radius 1 is 1.06 bits per heavy atom. The molecule has 17 heavy (non-hydrogen) atoms. The van der Waals surface area contributed by atoms with E-state index in [9.17, 15) is 0 Å². The first-order chi connectivity index (χ1) is 8.42. The molecule has 0 atom stereocenters. The molecule has 0 unspecified atom stereocenters. The van der Waals surface area contributed by atoms with Crippen LogP contribution in [0, 0.1) is 0 Å². The number of nitrogens with one attached hydrogen (secondary N) is 1. The second kappa shape index (κ2) is 4.92. The molecule has 0 spiro atoms. The van der Waals surface area contributed by atoms with Crippen LogP contribution in [0.2, 0.25) is 0 Å².